The molecule has 3 heteroatoms. The Bertz CT molecular complexity index is 769. The summed E-state index contributed by atoms with van der Waals surface area (Å²) >= 11 is 1.72. The molecule has 0 unspecified atom stereocenters. The molecular formula is C17H14N2S. The highest BCUT2D eigenvalue weighted by Crippen LogP contribution is 2.29. The fourth-order valence-electron chi connectivity index (χ4n) is 2.46. The number of nitriles is 1. The summed E-state index contributed by atoms with van der Waals surface area (Å²) in [6, 6.07) is 16.4. The van der Waals surface area contributed by atoms with Crippen LogP contribution in [-0.2, 0) is 6.54 Å². The van der Waals surface area contributed by atoms with Crippen molar-refractivity contribution in [3.8, 4) is 6.07 Å². The van der Waals surface area contributed by atoms with Crippen LogP contribution in [0.2, 0.25) is 0 Å². The van der Waals surface area contributed by atoms with Crippen molar-refractivity contribution in [2.45, 2.75) is 6.54 Å². The first-order valence-electron chi connectivity index (χ1n) is 6.43. The molecule has 1 heterocycles. The Kier molecular flexibility index (Phi) is 3.41. The minimum absolute atomic E-state index is 0.730. The number of hydrogen-bond acceptors (Lipinski definition) is 3. The third-order valence-electron chi connectivity index (χ3n) is 3.43. The molecule has 0 bridgehead atoms. The molecule has 1 aromatic heterocycles. The van der Waals surface area contributed by atoms with E-state index in [1.165, 1.54) is 5.56 Å². The van der Waals surface area contributed by atoms with E-state index in [4.69, 9.17) is 0 Å². The lowest BCUT2D eigenvalue weighted by molar-refractivity contribution is 0.933. The lowest BCUT2D eigenvalue weighted by Crippen LogP contribution is -2.16. The van der Waals surface area contributed by atoms with E-state index in [9.17, 15) is 5.26 Å². The number of nitrogens with zero attached hydrogens (tertiary/aromatic N) is 2. The van der Waals surface area contributed by atoms with Gasteiger partial charge in [0.25, 0.3) is 0 Å². The van der Waals surface area contributed by atoms with Gasteiger partial charge in [0.15, 0.2) is 0 Å². The van der Waals surface area contributed by atoms with Crippen LogP contribution in [0.3, 0.4) is 0 Å². The first kappa shape index (κ1) is 12.7. The molecule has 0 radical (unpaired) electrons. The molecule has 0 amide bonds. The Labute approximate surface area is 122 Å². The highest BCUT2D eigenvalue weighted by Gasteiger charge is 2.09. The van der Waals surface area contributed by atoms with Gasteiger partial charge >= 0.3 is 0 Å². The quantitative estimate of drug-likeness (QED) is 0.709. The molecule has 0 spiro atoms. The molecule has 0 aliphatic rings. The second kappa shape index (κ2) is 5.36. The van der Waals surface area contributed by atoms with Crippen molar-refractivity contribution >= 4 is 27.8 Å². The van der Waals surface area contributed by atoms with E-state index in [2.05, 4.69) is 40.9 Å². The Morgan fingerprint density at radius 1 is 1.10 bits per heavy atom. The third-order valence-corrected chi connectivity index (χ3v) is 4.16. The van der Waals surface area contributed by atoms with Gasteiger partial charge in [-0.2, -0.15) is 16.6 Å². The van der Waals surface area contributed by atoms with Crippen LogP contribution in [0.25, 0.3) is 10.8 Å². The number of benzene rings is 2. The Balaban J connectivity index is 2.06. The van der Waals surface area contributed by atoms with Crippen LogP contribution in [0.1, 0.15) is 11.1 Å². The lowest BCUT2D eigenvalue weighted by atomic mass is 10.0. The van der Waals surface area contributed by atoms with Gasteiger partial charge in [0.2, 0.25) is 0 Å². The molecule has 98 valence electrons. The first-order chi connectivity index (χ1) is 9.79. The maximum atomic E-state index is 9.21. The molecule has 3 rings (SSSR count). The third kappa shape index (κ3) is 2.26. The zero-order valence-electron chi connectivity index (χ0n) is 11.2. The molecule has 0 fully saturated rings. The van der Waals surface area contributed by atoms with E-state index < -0.39 is 0 Å². The van der Waals surface area contributed by atoms with Crippen molar-refractivity contribution < 1.29 is 0 Å². The molecule has 2 aromatic carbocycles. The van der Waals surface area contributed by atoms with Crippen LogP contribution in [0.15, 0.2) is 53.2 Å². The highest BCUT2D eigenvalue weighted by molar-refractivity contribution is 7.07. The largest absolute Gasteiger partial charge is 0.370 e. The van der Waals surface area contributed by atoms with Crippen LogP contribution in [0.5, 0.6) is 0 Å². The predicted octanol–water partition coefficient (Wildman–Crippen LogP) is 4.41. The van der Waals surface area contributed by atoms with Gasteiger partial charge in [-0.1, -0.05) is 24.3 Å². The summed E-state index contributed by atoms with van der Waals surface area (Å²) in [4.78, 5) is 2.23. The van der Waals surface area contributed by atoms with Crippen molar-refractivity contribution in [3.05, 3.63) is 64.4 Å². The van der Waals surface area contributed by atoms with Crippen molar-refractivity contribution in [1.29, 1.82) is 5.26 Å². The van der Waals surface area contributed by atoms with Crippen LogP contribution < -0.4 is 4.90 Å². The van der Waals surface area contributed by atoms with Gasteiger partial charge in [0.1, 0.15) is 0 Å². The molecule has 20 heavy (non-hydrogen) atoms. The molecule has 0 saturated carbocycles. The van der Waals surface area contributed by atoms with Gasteiger partial charge < -0.3 is 4.90 Å². The van der Waals surface area contributed by atoms with Crippen LogP contribution in [0, 0.1) is 11.3 Å². The summed E-state index contributed by atoms with van der Waals surface area (Å²) in [6.45, 7) is 0.874. The van der Waals surface area contributed by atoms with Gasteiger partial charge in [0, 0.05) is 30.1 Å². The van der Waals surface area contributed by atoms with E-state index in [1.54, 1.807) is 11.3 Å². The first-order valence-corrected chi connectivity index (χ1v) is 7.38. The van der Waals surface area contributed by atoms with Gasteiger partial charge in [-0.25, -0.2) is 0 Å². The van der Waals surface area contributed by atoms with Gasteiger partial charge in [-0.3, -0.25) is 0 Å². The standard InChI is InChI=1S/C17H14N2S/c1-19(11-13-8-9-20-12-13)17-7-6-14(10-18)15-4-2-3-5-16(15)17/h2-9,12H,11H2,1H3. The van der Waals surface area contributed by atoms with Crippen molar-refractivity contribution in [2.75, 3.05) is 11.9 Å². The van der Waals surface area contributed by atoms with Gasteiger partial charge in [-0.05, 0) is 34.5 Å². The smallest absolute Gasteiger partial charge is 0.0998 e. The molecule has 0 saturated heterocycles. The highest BCUT2D eigenvalue weighted by atomic mass is 32.1. The number of anilines is 1. The van der Waals surface area contributed by atoms with E-state index in [-0.39, 0.29) is 0 Å². The topological polar surface area (TPSA) is 27.0 Å². The Morgan fingerprint density at radius 3 is 2.60 bits per heavy atom. The number of rotatable bonds is 3. The molecule has 0 atom stereocenters. The Hall–Kier alpha value is -2.31. The summed E-state index contributed by atoms with van der Waals surface area (Å²) in [7, 11) is 2.09. The van der Waals surface area contributed by atoms with Crippen LogP contribution in [0.4, 0.5) is 5.69 Å². The molecule has 0 N–H and O–H groups in total. The molecule has 3 aromatic rings. The summed E-state index contributed by atoms with van der Waals surface area (Å²) in [6.07, 6.45) is 0. The maximum Gasteiger partial charge on any atom is 0.0998 e. The van der Waals surface area contributed by atoms with Crippen molar-refractivity contribution in [3.63, 3.8) is 0 Å². The number of hydrogen-bond donors (Lipinski definition) is 0. The number of thiophene rings is 1. The fraction of sp³-hybridized carbons (Fsp3) is 0.118. The average Bonchev–Trinajstić information content (AvgIpc) is 2.99. The second-order valence-corrected chi connectivity index (χ2v) is 5.56. The second-order valence-electron chi connectivity index (χ2n) is 4.78. The summed E-state index contributed by atoms with van der Waals surface area (Å²) in [5, 5.41) is 15.6. The van der Waals surface area contributed by atoms with Crippen molar-refractivity contribution in [2.24, 2.45) is 0 Å². The van der Waals surface area contributed by atoms with E-state index in [0.717, 1.165) is 28.6 Å². The van der Waals surface area contributed by atoms with Crippen molar-refractivity contribution in [1.82, 2.24) is 0 Å². The zero-order chi connectivity index (χ0) is 13.9. The van der Waals surface area contributed by atoms with Crippen LogP contribution in [-0.4, -0.2) is 7.05 Å². The average molecular weight is 278 g/mol. The minimum Gasteiger partial charge on any atom is -0.370 e. The van der Waals surface area contributed by atoms with Gasteiger partial charge in [0.05, 0.1) is 11.6 Å². The Morgan fingerprint density at radius 2 is 1.90 bits per heavy atom. The van der Waals surface area contributed by atoms with E-state index >= 15 is 0 Å². The maximum absolute atomic E-state index is 9.21. The molecule has 0 aliphatic carbocycles. The van der Waals surface area contributed by atoms with Crippen LogP contribution >= 0.6 is 11.3 Å². The fourth-order valence-corrected chi connectivity index (χ4v) is 3.11. The van der Waals surface area contributed by atoms with E-state index in [0.29, 0.717) is 0 Å². The lowest BCUT2D eigenvalue weighted by Gasteiger charge is -2.21. The molecule has 2 nitrogen and oxygen atoms in total. The summed E-state index contributed by atoms with van der Waals surface area (Å²) < 4.78 is 0. The monoisotopic (exact) mass is 278 g/mol. The van der Waals surface area contributed by atoms with Gasteiger partial charge in [-0.15, -0.1) is 0 Å². The number of fused-ring (bicyclic) bond motifs is 1. The summed E-state index contributed by atoms with van der Waals surface area (Å²) in [5.41, 5.74) is 3.20. The normalized spacial score (nSPS) is 10.4. The predicted molar refractivity (Wildman–Crippen MR) is 85.1 cm³/mol. The minimum atomic E-state index is 0.730. The van der Waals surface area contributed by atoms with E-state index in [1.807, 2.05) is 30.3 Å². The molecular weight excluding hydrogens is 264 g/mol. The summed E-state index contributed by atoms with van der Waals surface area (Å²) in [5.74, 6) is 0. The zero-order valence-corrected chi connectivity index (χ0v) is 12.0. The SMILES string of the molecule is CN(Cc1ccsc1)c1ccc(C#N)c2ccccc12. The molecule has 0 aliphatic heterocycles.